The monoisotopic (exact) mass is 261 g/mol. The van der Waals surface area contributed by atoms with E-state index >= 15 is 0 Å². The summed E-state index contributed by atoms with van der Waals surface area (Å²) in [5.74, 6) is 2.68. The maximum atomic E-state index is 4.69. The second-order valence-corrected chi connectivity index (χ2v) is 6.40. The summed E-state index contributed by atoms with van der Waals surface area (Å²) in [6, 6.07) is 0.726. The fraction of sp³-hybridized carbons (Fsp3) is 0.812. The van der Waals surface area contributed by atoms with Crippen molar-refractivity contribution in [1.82, 2.24) is 15.3 Å². The molecule has 0 amide bonds. The Bertz CT molecular complexity index is 384. The summed E-state index contributed by atoms with van der Waals surface area (Å²) in [7, 11) is 2.08. The van der Waals surface area contributed by atoms with Crippen molar-refractivity contribution in [3.8, 4) is 0 Å². The van der Waals surface area contributed by atoms with Gasteiger partial charge in [-0.15, -0.1) is 0 Å². The summed E-state index contributed by atoms with van der Waals surface area (Å²) >= 11 is 0. The van der Waals surface area contributed by atoms with Gasteiger partial charge in [0.15, 0.2) is 0 Å². The largest absolute Gasteiger partial charge is 0.345 e. The third kappa shape index (κ3) is 3.02. The van der Waals surface area contributed by atoms with Crippen LogP contribution in [0.4, 0.5) is 0 Å². The molecule has 1 aromatic rings. The molecule has 3 rings (SSSR count). The van der Waals surface area contributed by atoms with Gasteiger partial charge in [-0.05, 0) is 45.6 Å². The Kier molecular flexibility index (Phi) is 4.21. The summed E-state index contributed by atoms with van der Waals surface area (Å²) in [6.45, 7) is 0. The molecule has 2 aliphatic carbocycles. The smallest absolute Gasteiger partial charge is 0.109 e. The zero-order valence-electron chi connectivity index (χ0n) is 12.1. The van der Waals surface area contributed by atoms with E-state index in [-0.39, 0.29) is 0 Å². The Hall–Kier alpha value is -0.830. The molecule has 0 aliphatic heterocycles. The molecule has 1 aromatic heterocycles. The summed E-state index contributed by atoms with van der Waals surface area (Å²) in [6.07, 6.45) is 14.2. The summed E-state index contributed by atoms with van der Waals surface area (Å²) in [5.41, 5.74) is 1.41. The number of rotatable bonds is 3. The van der Waals surface area contributed by atoms with Crippen molar-refractivity contribution >= 4 is 0 Å². The van der Waals surface area contributed by atoms with Gasteiger partial charge in [0.05, 0.1) is 0 Å². The van der Waals surface area contributed by atoms with Gasteiger partial charge in [0.2, 0.25) is 0 Å². The van der Waals surface area contributed by atoms with Gasteiger partial charge >= 0.3 is 0 Å². The van der Waals surface area contributed by atoms with Crippen LogP contribution in [0.15, 0.2) is 6.20 Å². The van der Waals surface area contributed by atoms with Gasteiger partial charge in [-0.2, -0.15) is 0 Å². The lowest BCUT2D eigenvalue weighted by Gasteiger charge is -2.27. The maximum Gasteiger partial charge on any atom is 0.109 e. The molecular formula is C16H27N3. The molecule has 0 bridgehead atoms. The highest BCUT2D eigenvalue weighted by Crippen LogP contribution is 2.35. The molecule has 3 nitrogen and oxygen atoms in total. The van der Waals surface area contributed by atoms with Crippen LogP contribution in [-0.4, -0.2) is 23.1 Å². The Balaban J connectivity index is 1.61. The first-order valence-electron chi connectivity index (χ1n) is 8.09. The highest BCUT2D eigenvalue weighted by Gasteiger charge is 2.24. The van der Waals surface area contributed by atoms with Crippen LogP contribution >= 0.6 is 0 Å². The molecular weight excluding hydrogens is 234 g/mol. The molecule has 19 heavy (non-hydrogen) atoms. The number of hydrogen-bond acceptors (Lipinski definition) is 2. The van der Waals surface area contributed by atoms with Crippen molar-refractivity contribution in [3.63, 3.8) is 0 Å². The number of nitrogens with one attached hydrogen (secondary N) is 2. The van der Waals surface area contributed by atoms with E-state index in [9.17, 15) is 0 Å². The molecule has 2 aliphatic rings. The number of hydrogen-bond donors (Lipinski definition) is 2. The molecule has 106 valence electrons. The maximum absolute atomic E-state index is 4.69. The average Bonchev–Trinajstić information content (AvgIpc) is 2.98. The highest BCUT2D eigenvalue weighted by atomic mass is 14.9. The Morgan fingerprint density at radius 2 is 1.74 bits per heavy atom. The predicted molar refractivity (Wildman–Crippen MR) is 78.5 cm³/mol. The van der Waals surface area contributed by atoms with Crippen LogP contribution in [0.2, 0.25) is 0 Å². The van der Waals surface area contributed by atoms with Crippen molar-refractivity contribution in [2.45, 2.75) is 75.7 Å². The van der Waals surface area contributed by atoms with Crippen molar-refractivity contribution in [1.29, 1.82) is 0 Å². The minimum absolute atomic E-state index is 0.668. The lowest BCUT2D eigenvalue weighted by atomic mass is 9.85. The summed E-state index contributed by atoms with van der Waals surface area (Å²) in [4.78, 5) is 8.34. The minimum atomic E-state index is 0.668. The number of nitrogens with zero attached hydrogens (tertiary/aromatic N) is 1. The molecule has 0 radical (unpaired) electrons. The predicted octanol–water partition coefficient (Wildman–Crippen LogP) is 3.70. The zero-order chi connectivity index (χ0) is 13.1. The molecule has 0 unspecified atom stereocenters. The quantitative estimate of drug-likeness (QED) is 0.871. The van der Waals surface area contributed by atoms with E-state index < -0.39 is 0 Å². The third-order valence-electron chi connectivity index (χ3n) is 5.18. The van der Waals surface area contributed by atoms with Gasteiger partial charge < -0.3 is 10.3 Å². The zero-order valence-corrected chi connectivity index (χ0v) is 12.1. The summed E-state index contributed by atoms with van der Waals surface area (Å²) < 4.78 is 0. The van der Waals surface area contributed by atoms with E-state index in [0.29, 0.717) is 5.92 Å². The van der Waals surface area contributed by atoms with Crippen LogP contribution in [0.25, 0.3) is 0 Å². The van der Waals surface area contributed by atoms with E-state index in [1.807, 2.05) is 0 Å². The van der Waals surface area contributed by atoms with Gasteiger partial charge in [-0.1, -0.05) is 19.3 Å². The molecule has 0 aromatic carbocycles. The first-order valence-corrected chi connectivity index (χ1v) is 8.09. The fourth-order valence-corrected chi connectivity index (χ4v) is 3.84. The van der Waals surface area contributed by atoms with Gasteiger partial charge in [0.1, 0.15) is 5.82 Å². The van der Waals surface area contributed by atoms with Gasteiger partial charge in [0.25, 0.3) is 0 Å². The van der Waals surface area contributed by atoms with E-state index in [2.05, 4.69) is 28.5 Å². The molecule has 0 spiro atoms. The Morgan fingerprint density at radius 1 is 1.00 bits per heavy atom. The van der Waals surface area contributed by atoms with E-state index in [4.69, 9.17) is 0 Å². The second kappa shape index (κ2) is 6.08. The second-order valence-electron chi connectivity index (χ2n) is 6.40. The number of imidazole rings is 1. The van der Waals surface area contributed by atoms with Crippen LogP contribution < -0.4 is 5.32 Å². The lowest BCUT2D eigenvalue weighted by molar-refractivity contribution is 0.351. The summed E-state index contributed by atoms with van der Waals surface area (Å²) in [5, 5.41) is 3.40. The fourth-order valence-electron chi connectivity index (χ4n) is 3.84. The molecule has 2 fully saturated rings. The average molecular weight is 261 g/mol. The normalized spacial score (nSPS) is 29.5. The van der Waals surface area contributed by atoms with Gasteiger partial charge in [-0.3, -0.25) is 0 Å². The minimum Gasteiger partial charge on any atom is -0.345 e. The first kappa shape index (κ1) is 13.2. The topological polar surface area (TPSA) is 40.7 Å². The van der Waals surface area contributed by atoms with Crippen LogP contribution in [0.1, 0.15) is 81.1 Å². The van der Waals surface area contributed by atoms with Gasteiger partial charge in [0, 0.05) is 29.8 Å². The highest BCUT2D eigenvalue weighted by molar-refractivity contribution is 5.11. The van der Waals surface area contributed by atoms with Crippen LogP contribution in [0.5, 0.6) is 0 Å². The van der Waals surface area contributed by atoms with Crippen molar-refractivity contribution < 1.29 is 0 Å². The van der Waals surface area contributed by atoms with Crippen molar-refractivity contribution in [2.75, 3.05) is 7.05 Å². The molecule has 1 heterocycles. The first-order chi connectivity index (χ1) is 9.36. The molecule has 2 N–H and O–H groups in total. The van der Waals surface area contributed by atoms with Crippen LogP contribution in [0.3, 0.4) is 0 Å². The number of aromatic nitrogens is 2. The van der Waals surface area contributed by atoms with Crippen LogP contribution in [-0.2, 0) is 0 Å². The number of aromatic amines is 1. The van der Waals surface area contributed by atoms with Gasteiger partial charge in [-0.25, -0.2) is 4.98 Å². The molecule has 0 atom stereocenters. The Labute approximate surface area is 116 Å². The van der Waals surface area contributed by atoms with Crippen molar-refractivity contribution in [2.24, 2.45) is 0 Å². The van der Waals surface area contributed by atoms with E-state index in [1.54, 1.807) is 0 Å². The molecule has 2 saturated carbocycles. The Morgan fingerprint density at radius 3 is 2.42 bits per heavy atom. The third-order valence-corrected chi connectivity index (χ3v) is 5.18. The molecule has 3 heteroatoms. The van der Waals surface area contributed by atoms with Crippen molar-refractivity contribution in [3.05, 3.63) is 17.7 Å². The van der Waals surface area contributed by atoms with E-state index in [0.717, 1.165) is 12.0 Å². The molecule has 0 saturated heterocycles. The number of H-pyrrole nitrogens is 1. The van der Waals surface area contributed by atoms with Crippen LogP contribution in [0, 0.1) is 0 Å². The standard InChI is InChI=1S/C16H27N3/c1-17-14-9-7-13(8-10-14)16-18-11-15(19-16)12-5-3-2-4-6-12/h11-14,17H,2-10H2,1H3,(H,18,19). The van der Waals surface area contributed by atoms with E-state index in [1.165, 1.54) is 69.3 Å². The SMILES string of the molecule is CNC1CCC(c2ncc(C3CCCCC3)[nH]2)CC1. The lowest BCUT2D eigenvalue weighted by Crippen LogP contribution is -2.29.